The maximum absolute atomic E-state index is 10.3. The van der Waals surface area contributed by atoms with Crippen LogP contribution in [0.5, 0.6) is 0 Å². The molecule has 1 aromatic rings. The van der Waals surface area contributed by atoms with E-state index in [0.29, 0.717) is 18.9 Å². The summed E-state index contributed by atoms with van der Waals surface area (Å²) in [6.45, 7) is 0.472. The number of hydrogen-bond donors (Lipinski definition) is 1. The van der Waals surface area contributed by atoms with E-state index in [9.17, 15) is 4.79 Å². The van der Waals surface area contributed by atoms with Crippen LogP contribution in [0.15, 0.2) is 10.7 Å². The number of carboxylic acid groups (broad SMARTS) is 1. The van der Waals surface area contributed by atoms with Gasteiger partial charge in [-0.3, -0.25) is 0 Å². The number of carboxylic acids is 1. The summed E-state index contributed by atoms with van der Waals surface area (Å²) in [5.41, 5.74) is -0.0684. The highest BCUT2D eigenvalue weighted by Gasteiger charge is 2.09. The number of methoxy groups -OCH3 is 1. The highest BCUT2D eigenvalue weighted by atomic mass is 16.5. The molecule has 5 nitrogen and oxygen atoms in total. The summed E-state index contributed by atoms with van der Waals surface area (Å²) >= 11 is 0. The van der Waals surface area contributed by atoms with Crippen molar-refractivity contribution in [3.05, 3.63) is 17.8 Å². The van der Waals surface area contributed by atoms with Crippen LogP contribution < -0.4 is 0 Å². The van der Waals surface area contributed by atoms with Crippen molar-refractivity contribution in [3.8, 4) is 0 Å². The SMILES string of the molecule is COCCc1nc(C(=O)O)co1. The van der Waals surface area contributed by atoms with Crippen LogP contribution in [0.25, 0.3) is 0 Å². The molecular weight excluding hydrogens is 162 g/mol. The Morgan fingerprint density at radius 3 is 3.08 bits per heavy atom. The molecule has 0 radical (unpaired) electrons. The summed E-state index contributed by atoms with van der Waals surface area (Å²) in [4.78, 5) is 14.0. The van der Waals surface area contributed by atoms with Gasteiger partial charge in [0, 0.05) is 13.5 Å². The average molecular weight is 171 g/mol. The van der Waals surface area contributed by atoms with Crippen molar-refractivity contribution in [2.45, 2.75) is 6.42 Å². The van der Waals surface area contributed by atoms with Gasteiger partial charge in [0.05, 0.1) is 6.61 Å². The third-order valence-corrected chi connectivity index (χ3v) is 1.29. The molecular formula is C7H9NO4. The van der Waals surface area contributed by atoms with Crippen LogP contribution in [-0.2, 0) is 11.2 Å². The van der Waals surface area contributed by atoms with Gasteiger partial charge in [0.2, 0.25) is 0 Å². The van der Waals surface area contributed by atoms with Gasteiger partial charge in [0.15, 0.2) is 11.6 Å². The first-order chi connectivity index (χ1) is 5.74. The summed E-state index contributed by atoms with van der Waals surface area (Å²) < 4.78 is 9.62. The number of oxazole rings is 1. The number of ether oxygens (including phenoxy) is 1. The molecule has 0 saturated heterocycles. The number of aromatic carboxylic acids is 1. The zero-order chi connectivity index (χ0) is 8.97. The zero-order valence-corrected chi connectivity index (χ0v) is 6.61. The minimum atomic E-state index is -1.08. The molecule has 66 valence electrons. The van der Waals surface area contributed by atoms with Gasteiger partial charge in [-0.2, -0.15) is 0 Å². The maximum Gasteiger partial charge on any atom is 0.357 e. The van der Waals surface area contributed by atoms with Crippen LogP contribution in [0.1, 0.15) is 16.4 Å². The lowest BCUT2D eigenvalue weighted by molar-refractivity contribution is 0.0690. The number of carbonyl (C=O) groups is 1. The van der Waals surface area contributed by atoms with Gasteiger partial charge in [0.25, 0.3) is 0 Å². The average Bonchev–Trinajstić information content (AvgIpc) is 2.48. The van der Waals surface area contributed by atoms with Gasteiger partial charge < -0.3 is 14.3 Å². The van der Waals surface area contributed by atoms with E-state index < -0.39 is 5.97 Å². The molecule has 0 atom stereocenters. The molecule has 5 heteroatoms. The molecule has 1 N–H and O–H groups in total. The molecule has 0 aromatic carbocycles. The third kappa shape index (κ3) is 2.06. The second-order valence-electron chi connectivity index (χ2n) is 2.17. The minimum absolute atomic E-state index is 0.0684. The van der Waals surface area contributed by atoms with Crippen molar-refractivity contribution in [1.82, 2.24) is 4.98 Å². The van der Waals surface area contributed by atoms with Crippen LogP contribution in [-0.4, -0.2) is 29.8 Å². The fourth-order valence-corrected chi connectivity index (χ4v) is 0.713. The van der Waals surface area contributed by atoms with Crippen molar-refractivity contribution in [3.63, 3.8) is 0 Å². The number of aromatic nitrogens is 1. The van der Waals surface area contributed by atoms with E-state index in [4.69, 9.17) is 14.3 Å². The first-order valence-electron chi connectivity index (χ1n) is 3.40. The van der Waals surface area contributed by atoms with E-state index in [1.807, 2.05) is 0 Å². The molecule has 0 bridgehead atoms. The molecule has 0 spiro atoms. The van der Waals surface area contributed by atoms with Gasteiger partial charge in [-0.05, 0) is 0 Å². The molecule has 1 heterocycles. The Morgan fingerprint density at radius 1 is 1.83 bits per heavy atom. The lowest BCUT2D eigenvalue weighted by atomic mass is 10.4. The Balaban J connectivity index is 2.58. The molecule has 0 aliphatic heterocycles. The van der Waals surface area contributed by atoms with E-state index in [-0.39, 0.29) is 5.69 Å². The summed E-state index contributed by atoms with van der Waals surface area (Å²) in [6.07, 6.45) is 1.61. The number of hydrogen-bond acceptors (Lipinski definition) is 4. The van der Waals surface area contributed by atoms with Gasteiger partial charge in [-0.15, -0.1) is 0 Å². The Morgan fingerprint density at radius 2 is 2.58 bits per heavy atom. The largest absolute Gasteiger partial charge is 0.476 e. The van der Waals surface area contributed by atoms with Crippen LogP contribution in [0.2, 0.25) is 0 Å². The molecule has 12 heavy (non-hydrogen) atoms. The second-order valence-corrected chi connectivity index (χ2v) is 2.17. The van der Waals surface area contributed by atoms with E-state index in [1.54, 1.807) is 7.11 Å². The van der Waals surface area contributed by atoms with Crippen LogP contribution in [0.4, 0.5) is 0 Å². The maximum atomic E-state index is 10.3. The smallest absolute Gasteiger partial charge is 0.357 e. The van der Waals surface area contributed by atoms with Gasteiger partial charge in [-0.1, -0.05) is 0 Å². The number of nitrogens with zero attached hydrogens (tertiary/aromatic N) is 1. The standard InChI is InChI=1S/C7H9NO4/c1-11-3-2-6-8-5(4-12-6)7(9)10/h4H,2-3H2,1H3,(H,9,10). The lowest BCUT2D eigenvalue weighted by Crippen LogP contribution is -1.98. The van der Waals surface area contributed by atoms with Crippen molar-refractivity contribution in [2.75, 3.05) is 13.7 Å². The summed E-state index contributed by atoms with van der Waals surface area (Å²) in [5, 5.41) is 8.47. The van der Waals surface area contributed by atoms with Crippen LogP contribution in [0.3, 0.4) is 0 Å². The van der Waals surface area contributed by atoms with Gasteiger partial charge in [-0.25, -0.2) is 9.78 Å². The molecule has 0 unspecified atom stereocenters. The minimum Gasteiger partial charge on any atom is -0.476 e. The molecule has 0 fully saturated rings. The quantitative estimate of drug-likeness (QED) is 0.716. The van der Waals surface area contributed by atoms with Gasteiger partial charge >= 0.3 is 5.97 Å². The highest BCUT2D eigenvalue weighted by Crippen LogP contribution is 2.02. The Hall–Kier alpha value is -1.36. The Labute approximate surface area is 69.0 Å². The summed E-state index contributed by atoms with van der Waals surface area (Å²) in [5.74, 6) is -0.698. The monoisotopic (exact) mass is 171 g/mol. The first-order valence-corrected chi connectivity index (χ1v) is 3.40. The summed E-state index contributed by atoms with van der Waals surface area (Å²) in [6, 6.07) is 0. The molecule has 1 rings (SSSR count). The third-order valence-electron chi connectivity index (χ3n) is 1.29. The normalized spacial score (nSPS) is 10.1. The van der Waals surface area contributed by atoms with Crippen molar-refractivity contribution >= 4 is 5.97 Å². The van der Waals surface area contributed by atoms with E-state index >= 15 is 0 Å². The Kier molecular flexibility index (Phi) is 2.82. The number of rotatable bonds is 4. The highest BCUT2D eigenvalue weighted by molar-refractivity contribution is 5.84. The van der Waals surface area contributed by atoms with E-state index in [0.717, 1.165) is 6.26 Å². The van der Waals surface area contributed by atoms with Crippen LogP contribution in [0, 0.1) is 0 Å². The van der Waals surface area contributed by atoms with E-state index in [1.165, 1.54) is 0 Å². The molecule has 0 amide bonds. The molecule has 1 aromatic heterocycles. The van der Waals surface area contributed by atoms with Crippen molar-refractivity contribution < 1.29 is 19.1 Å². The Bertz CT molecular complexity index is 268. The van der Waals surface area contributed by atoms with Gasteiger partial charge in [0.1, 0.15) is 6.26 Å². The predicted molar refractivity (Wildman–Crippen MR) is 39.0 cm³/mol. The lowest BCUT2D eigenvalue weighted by Gasteiger charge is -1.91. The summed E-state index contributed by atoms with van der Waals surface area (Å²) in [7, 11) is 1.56. The molecule has 0 aliphatic rings. The molecule has 0 aliphatic carbocycles. The second kappa shape index (κ2) is 3.87. The molecule has 0 saturated carbocycles. The fraction of sp³-hybridized carbons (Fsp3) is 0.429. The first kappa shape index (κ1) is 8.73. The van der Waals surface area contributed by atoms with Crippen LogP contribution >= 0.6 is 0 Å². The van der Waals surface area contributed by atoms with Crippen molar-refractivity contribution in [2.24, 2.45) is 0 Å². The zero-order valence-electron chi connectivity index (χ0n) is 6.61. The predicted octanol–water partition coefficient (Wildman–Crippen LogP) is 0.562. The van der Waals surface area contributed by atoms with Crippen molar-refractivity contribution in [1.29, 1.82) is 0 Å². The fourth-order valence-electron chi connectivity index (χ4n) is 0.713. The topological polar surface area (TPSA) is 72.6 Å². The van der Waals surface area contributed by atoms with E-state index in [2.05, 4.69) is 4.98 Å².